The van der Waals surface area contributed by atoms with Crippen molar-refractivity contribution in [3.8, 4) is 0 Å². The molecule has 0 heterocycles. The number of carbonyl (C=O) groups excluding carboxylic acids is 3. The van der Waals surface area contributed by atoms with E-state index >= 15 is 0 Å². The zero-order chi connectivity index (χ0) is 23.1. The van der Waals surface area contributed by atoms with E-state index in [1.807, 2.05) is 50.2 Å². The summed E-state index contributed by atoms with van der Waals surface area (Å²) in [5.41, 5.74) is 5.27. The first kappa shape index (κ1) is 23.9. The van der Waals surface area contributed by atoms with Crippen LogP contribution in [0.3, 0.4) is 0 Å². The molecule has 0 saturated carbocycles. The van der Waals surface area contributed by atoms with E-state index in [1.165, 1.54) is 5.56 Å². The van der Waals surface area contributed by atoms with Crippen LogP contribution in [0.1, 0.15) is 48.1 Å². The van der Waals surface area contributed by atoms with Crippen LogP contribution >= 0.6 is 11.8 Å². The molecule has 2 aromatic carbocycles. The Morgan fingerprint density at radius 2 is 1.91 bits per heavy atom. The molecule has 6 nitrogen and oxygen atoms in total. The Morgan fingerprint density at radius 1 is 1.12 bits per heavy atom. The van der Waals surface area contributed by atoms with E-state index in [-0.39, 0.29) is 29.4 Å². The Balaban J connectivity index is 1.40. The molecule has 7 heteroatoms. The van der Waals surface area contributed by atoms with E-state index in [0.29, 0.717) is 0 Å². The smallest absolute Gasteiger partial charge is 0.316 e. The number of anilines is 1. The van der Waals surface area contributed by atoms with E-state index in [1.54, 1.807) is 6.92 Å². The van der Waals surface area contributed by atoms with Gasteiger partial charge in [-0.2, -0.15) is 0 Å². The van der Waals surface area contributed by atoms with E-state index in [4.69, 9.17) is 4.74 Å². The van der Waals surface area contributed by atoms with E-state index in [9.17, 15) is 14.4 Å². The van der Waals surface area contributed by atoms with Gasteiger partial charge in [0.25, 0.3) is 5.91 Å². The Morgan fingerprint density at radius 3 is 2.69 bits per heavy atom. The van der Waals surface area contributed by atoms with Gasteiger partial charge in [0.05, 0.1) is 17.5 Å². The molecule has 3 rings (SSSR count). The van der Waals surface area contributed by atoms with Gasteiger partial charge in [-0.05, 0) is 62.8 Å². The van der Waals surface area contributed by atoms with Gasteiger partial charge in [-0.25, -0.2) is 0 Å². The Bertz CT molecular complexity index is 992. The molecule has 32 heavy (non-hydrogen) atoms. The summed E-state index contributed by atoms with van der Waals surface area (Å²) in [5, 5.41) is 5.85. The van der Waals surface area contributed by atoms with Gasteiger partial charge in [0.1, 0.15) is 0 Å². The van der Waals surface area contributed by atoms with E-state index < -0.39 is 12.1 Å². The molecule has 0 aromatic heterocycles. The van der Waals surface area contributed by atoms with Crippen LogP contribution in [0.25, 0.3) is 0 Å². The minimum Gasteiger partial charge on any atom is -0.452 e. The average molecular weight is 455 g/mol. The highest BCUT2D eigenvalue weighted by Gasteiger charge is 2.25. The molecule has 1 aliphatic rings. The highest BCUT2D eigenvalue weighted by atomic mass is 32.2. The fourth-order valence-corrected chi connectivity index (χ4v) is 4.44. The molecule has 0 spiro atoms. The Kier molecular flexibility index (Phi) is 8.33. The third-order valence-electron chi connectivity index (χ3n) is 5.47. The lowest BCUT2D eigenvalue weighted by Gasteiger charge is -2.27. The summed E-state index contributed by atoms with van der Waals surface area (Å²) < 4.78 is 5.27. The van der Waals surface area contributed by atoms with Gasteiger partial charge in [-0.3, -0.25) is 14.4 Å². The quantitative estimate of drug-likeness (QED) is 0.587. The number of esters is 1. The summed E-state index contributed by atoms with van der Waals surface area (Å²) in [7, 11) is 0. The molecule has 0 saturated heterocycles. The van der Waals surface area contributed by atoms with Crippen molar-refractivity contribution in [1.29, 1.82) is 0 Å². The summed E-state index contributed by atoms with van der Waals surface area (Å²) in [6.45, 7) is 5.50. The van der Waals surface area contributed by atoms with Crippen LogP contribution in [0.2, 0.25) is 0 Å². The molecule has 0 aliphatic heterocycles. The summed E-state index contributed by atoms with van der Waals surface area (Å²) in [5.74, 6) is -0.873. The number of benzene rings is 2. The van der Waals surface area contributed by atoms with Crippen LogP contribution in [0.15, 0.2) is 42.5 Å². The van der Waals surface area contributed by atoms with Crippen molar-refractivity contribution in [3.05, 3.63) is 64.7 Å². The van der Waals surface area contributed by atoms with E-state index in [2.05, 4.69) is 16.7 Å². The third-order valence-corrected chi connectivity index (χ3v) is 6.38. The predicted molar refractivity (Wildman–Crippen MR) is 128 cm³/mol. The molecule has 0 radical (unpaired) electrons. The topological polar surface area (TPSA) is 84.5 Å². The second-order valence-corrected chi connectivity index (χ2v) is 9.13. The maximum Gasteiger partial charge on any atom is 0.316 e. The number of rotatable bonds is 8. The lowest BCUT2D eigenvalue weighted by molar-refractivity contribution is -0.152. The lowest BCUT2D eigenvalue weighted by atomic mass is 9.87. The van der Waals surface area contributed by atoms with Crippen LogP contribution in [-0.2, 0) is 25.5 Å². The molecule has 2 amide bonds. The number of hydrogen-bond acceptors (Lipinski definition) is 5. The van der Waals surface area contributed by atoms with Crippen molar-refractivity contribution < 1.29 is 19.1 Å². The van der Waals surface area contributed by atoms with Crippen molar-refractivity contribution in [3.63, 3.8) is 0 Å². The first-order valence-electron chi connectivity index (χ1n) is 10.9. The number of hydrogen-bond donors (Lipinski definition) is 2. The number of carbonyl (C=O) groups is 3. The normalized spacial score (nSPS) is 15.9. The van der Waals surface area contributed by atoms with Gasteiger partial charge in [-0.1, -0.05) is 42.0 Å². The average Bonchev–Trinajstić information content (AvgIpc) is 2.76. The van der Waals surface area contributed by atoms with Crippen LogP contribution in [0.4, 0.5) is 5.69 Å². The second kappa shape index (κ2) is 11.2. The highest BCUT2D eigenvalue weighted by molar-refractivity contribution is 8.00. The molecular formula is C25H30N2O4S. The van der Waals surface area contributed by atoms with Crippen molar-refractivity contribution in [2.45, 2.75) is 52.2 Å². The van der Waals surface area contributed by atoms with Crippen LogP contribution in [0, 0.1) is 13.8 Å². The number of aryl methyl sites for hydroxylation is 3. The molecular weight excluding hydrogens is 424 g/mol. The number of ether oxygens (including phenoxy) is 1. The molecule has 0 fully saturated rings. The zero-order valence-electron chi connectivity index (χ0n) is 18.8. The Labute approximate surface area is 193 Å². The molecule has 2 N–H and O–H groups in total. The zero-order valence-corrected chi connectivity index (χ0v) is 19.6. The summed E-state index contributed by atoms with van der Waals surface area (Å²) in [6, 6.07) is 13.8. The van der Waals surface area contributed by atoms with Crippen LogP contribution in [0.5, 0.6) is 0 Å². The van der Waals surface area contributed by atoms with Gasteiger partial charge >= 0.3 is 5.97 Å². The SMILES string of the molecule is Cc1ccc(NC(=O)CSCC(=O)O[C@H](C)C(=O)N[C@@H]2CCCc3ccccc32)c(C)c1. The second-order valence-electron chi connectivity index (χ2n) is 8.14. The van der Waals surface area contributed by atoms with Gasteiger partial charge in [0.15, 0.2) is 6.10 Å². The number of nitrogens with one attached hydrogen (secondary N) is 2. The van der Waals surface area contributed by atoms with Gasteiger partial charge in [0.2, 0.25) is 5.91 Å². The first-order valence-corrected chi connectivity index (χ1v) is 12.0. The Hall–Kier alpha value is -2.80. The lowest BCUT2D eigenvalue weighted by Crippen LogP contribution is -2.39. The van der Waals surface area contributed by atoms with Gasteiger partial charge < -0.3 is 15.4 Å². The van der Waals surface area contributed by atoms with Crippen molar-refractivity contribution in [2.75, 3.05) is 16.8 Å². The predicted octanol–water partition coefficient (Wildman–Crippen LogP) is 4.10. The molecule has 2 aromatic rings. The van der Waals surface area contributed by atoms with Crippen LogP contribution in [-0.4, -0.2) is 35.4 Å². The third kappa shape index (κ3) is 6.60. The van der Waals surface area contributed by atoms with E-state index in [0.717, 1.165) is 53.4 Å². The number of amides is 2. The highest BCUT2D eigenvalue weighted by Crippen LogP contribution is 2.29. The van der Waals surface area contributed by atoms with Crippen LogP contribution < -0.4 is 10.6 Å². The van der Waals surface area contributed by atoms with Crippen molar-refractivity contribution in [2.24, 2.45) is 0 Å². The molecule has 0 bridgehead atoms. The molecule has 0 unspecified atom stereocenters. The van der Waals surface area contributed by atoms with Crippen molar-refractivity contribution >= 4 is 35.2 Å². The minimum absolute atomic E-state index is 0.00415. The monoisotopic (exact) mass is 454 g/mol. The minimum atomic E-state index is -0.888. The molecule has 170 valence electrons. The standard InChI is InChI=1S/C25H30N2O4S/c1-16-11-12-21(17(2)13-16)26-23(28)14-32-15-24(29)31-18(3)25(30)27-22-10-6-8-19-7-4-5-9-20(19)22/h4-5,7,9,11-13,18,22H,6,8,10,14-15H2,1-3H3,(H,26,28)(H,27,30)/t18-,22-/m1/s1. The summed E-state index contributed by atoms with van der Waals surface area (Å²) in [4.78, 5) is 36.8. The van der Waals surface area contributed by atoms with Gasteiger partial charge in [0, 0.05) is 5.69 Å². The largest absolute Gasteiger partial charge is 0.452 e. The van der Waals surface area contributed by atoms with Crippen molar-refractivity contribution in [1.82, 2.24) is 5.32 Å². The maximum absolute atomic E-state index is 12.5. The molecule has 1 aliphatic carbocycles. The first-order chi connectivity index (χ1) is 15.3. The summed E-state index contributed by atoms with van der Waals surface area (Å²) >= 11 is 1.16. The fraction of sp³-hybridized carbons (Fsp3) is 0.400. The number of fused-ring (bicyclic) bond motifs is 1. The molecule has 2 atom stereocenters. The fourth-order valence-electron chi connectivity index (χ4n) is 3.84. The summed E-state index contributed by atoms with van der Waals surface area (Å²) in [6.07, 6.45) is 2.01. The number of thioether (sulfide) groups is 1. The van der Waals surface area contributed by atoms with Gasteiger partial charge in [-0.15, -0.1) is 11.8 Å². The maximum atomic E-state index is 12.5.